The van der Waals surface area contributed by atoms with Gasteiger partial charge in [0.25, 0.3) is 0 Å². The fraction of sp³-hybridized carbons (Fsp3) is 0.846. The van der Waals surface area contributed by atoms with Gasteiger partial charge in [-0.3, -0.25) is 9.59 Å². The van der Waals surface area contributed by atoms with Crippen molar-refractivity contribution >= 4 is 11.9 Å². The highest BCUT2D eigenvalue weighted by Gasteiger charge is 2.27. The molecule has 0 aromatic rings. The number of hydrogen-bond acceptors (Lipinski definition) is 2. The lowest BCUT2D eigenvalue weighted by Gasteiger charge is -2.25. The Kier molecular flexibility index (Phi) is 6.85. The Morgan fingerprint density at radius 1 is 1.24 bits per heavy atom. The van der Waals surface area contributed by atoms with E-state index in [4.69, 9.17) is 5.11 Å². The largest absolute Gasteiger partial charge is 0.481 e. The lowest BCUT2D eigenvalue weighted by atomic mass is 9.83. The zero-order valence-electron chi connectivity index (χ0n) is 11.4. The molecule has 0 atom stereocenters. The molecule has 0 saturated carbocycles. The van der Waals surface area contributed by atoms with Crippen molar-refractivity contribution in [2.45, 2.75) is 53.4 Å². The number of carboxylic acid groups (broad SMARTS) is 1. The van der Waals surface area contributed by atoms with Crippen molar-refractivity contribution in [3.8, 4) is 0 Å². The molecule has 0 aliphatic rings. The second kappa shape index (κ2) is 7.30. The number of aliphatic carboxylic acids is 1. The molecule has 0 bridgehead atoms. The van der Waals surface area contributed by atoms with E-state index in [1.54, 1.807) is 0 Å². The molecule has 4 nitrogen and oxygen atoms in total. The molecule has 17 heavy (non-hydrogen) atoms. The molecule has 0 saturated heterocycles. The quantitative estimate of drug-likeness (QED) is 0.643. The van der Waals surface area contributed by atoms with Crippen molar-refractivity contribution in [2.24, 2.45) is 11.3 Å². The molecule has 1 amide bonds. The first-order valence-corrected chi connectivity index (χ1v) is 6.26. The number of carbonyl (C=O) groups is 2. The van der Waals surface area contributed by atoms with Gasteiger partial charge in [0.1, 0.15) is 0 Å². The van der Waals surface area contributed by atoms with Crippen molar-refractivity contribution in [3.63, 3.8) is 0 Å². The average Bonchev–Trinajstić information content (AvgIpc) is 2.14. The zero-order chi connectivity index (χ0) is 13.5. The zero-order valence-corrected chi connectivity index (χ0v) is 11.4. The summed E-state index contributed by atoms with van der Waals surface area (Å²) in [5.74, 6) is -0.235. The minimum atomic E-state index is -0.781. The third-order valence-electron chi connectivity index (χ3n) is 2.64. The lowest BCUT2D eigenvalue weighted by Crippen LogP contribution is -2.38. The van der Waals surface area contributed by atoms with E-state index in [1.165, 1.54) is 0 Å². The molecule has 4 heteroatoms. The van der Waals surface area contributed by atoms with Crippen LogP contribution < -0.4 is 5.32 Å². The fourth-order valence-corrected chi connectivity index (χ4v) is 1.96. The Morgan fingerprint density at radius 2 is 1.82 bits per heavy atom. The Morgan fingerprint density at radius 3 is 2.29 bits per heavy atom. The number of carboxylic acids is 1. The highest BCUT2D eigenvalue weighted by molar-refractivity contribution is 5.81. The van der Waals surface area contributed by atoms with Crippen molar-refractivity contribution in [1.29, 1.82) is 0 Å². The standard InChI is InChI=1S/C13H25NO3/c1-10(2)9-13(3,4)12(17)14-8-6-5-7-11(15)16/h10H,5-9H2,1-4H3,(H,14,17)(H,15,16). The number of nitrogens with one attached hydrogen (secondary N) is 1. The summed E-state index contributed by atoms with van der Waals surface area (Å²) in [6.45, 7) is 8.65. The predicted octanol–water partition coefficient (Wildman–Crippen LogP) is 2.43. The Labute approximate surface area is 104 Å². The van der Waals surface area contributed by atoms with E-state index in [0.29, 0.717) is 18.9 Å². The monoisotopic (exact) mass is 243 g/mol. The normalized spacial score (nSPS) is 11.6. The summed E-state index contributed by atoms with van der Waals surface area (Å²) in [6.07, 6.45) is 2.36. The van der Waals surface area contributed by atoms with E-state index in [0.717, 1.165) is 12.8 Å². The van der Waals surface area contributed by atoms with Gasteiger partial charge in [-0.2, -0.15) is 0 Å². The second-order valence-corrected chi connectivity index (χ2v) is 5.59. The maximum Gasteiger partial charge on any atom is 0.303 e. The van der Waals surface area contributed by atoms with Crippen LogP contribution in [0.2, 0.25) is 0 Å². The average molecular weight is 243 g/mol. The van der Waals surface area contributed by atoms with Crippen LogP contribution in [0.5, 0.6) is 0 Å². The first-order chi connectivity index (χ1) is 7.75. The van der Waals surface area contributed by atoms with Crippen LogP contribution >= 0.6 is 0 Å². The van der Waals surface area contributed by atoms with Crippen molar-refractivity contribution in [3.05, 3.63) is 0 Å². The van der Waals surface area contributed by atoms with Gasteiger partial charge < -0.3 is 10.4 Å². The minimum Gasteiger partial charge on any atom is -0.481 e. The maximum absolute atomic E-state index is 11.9. The number of unbranched alkanes of at least 4 members (excludes halogenated alkanes) is 1. The summed E-state index contributed by atoms with van der Waals surface area (Å²) >= 11 is 0. The molecule has 0 aromatic carbocycles. The molecule has 0 aliphatic heterocycles. The SMILES string of the molecule is CC(C)CC(C)(C)C(=O)NCCCCC(=O)O. The summed E-state index contributed by atoms with van der Waals surface area (Å²) in [7, 11) is 0. The van der Waals surface area contributed by atoms with Gasteiger partial charge in [0.05, 0.1) is 0 Å². The summed E-state index contributed by atoms with van der Waals surface area (Å²) in [5, 5.41) is 11.3. The van der Waals surface area contributed by atoms with Crippen LogP contribution in [0.4, 0.5) is 0 Å². The maximum atomic E-state index is 11.9. The van der Waals surface area contributed by atoms with Crippen LogP contribution in [0.3, 0.4) is 0 Å². The Hall–Kier alpha value is -1.06. The highest BCUT2D eigenvalue weighted by atomic mass is 16.4. The number of rotatable bonds is 8. The number of amides is 1. The van der Waals surface area contributed by atoms with Crippen LogP contribution in [0.1, 0.15) is 53.4 Å². The van der Waals surface area contributed by atoms with E-state index in [2.05, 4.69) is 19.2 Å². The summed E-state index contributed by atoms with van der Waals surface area (Å²) in [4.78, 5) is 22.2. The van der Waals surface area contributed by atoms with E-state index in [1.807, 2.05) is 13.8 Å². The van der Waals surface area contributed by atoms with Crippen molar-refractivity contribution < 1.29 is 14.7 Å². The van der Waals surface area contributed by atoms with Gasteiger partial charge >= 0.3 is 5.97 Å². The first-order valence-electron chi connectivity index (χ1n) is 6.26. The van der Waals surface area contributed by atoms with E-state index in [9.17, 15) is 9.59 Å². The number of hydrogen-bond donors (Lipinski definition) is 2. The van der Waals surface area contributed by atoms with E-state index < -0.39 is 5.97 Å². The van der Waals surface area contributed by atoms with Gasteiger partial charge in [0.2, 0.25) is 5.91 Å². The molecule has 0 fully saturated rings. The van der Waals surface area contributed by atoms with Crippen LogP contribution in [-0.4, -0.2) is 23.5 Å². The van der Waals surface area contributed by atoms with Crippen LogP contribution in [0.15, 0.2) is 0 Å². The summed E-state index contributed by atoms with van der Waals surface area (Å²) in [5.41, 5.74) is -0.346. The minimum absolute atomic E-state index is 0.0570. The van der Waals surface area contributed by atoms with Gasteiger partial charge in [-0.25, -0.2) is 0 Å². The molecule has 2 N–H and O–H groups in total. The summed E-state index contributed by atoms with van der Waals surface area (Å²) in [6, 6.07) is 0. The van der Waals surface area contributed by atoms with E-state index in [-0.39, 0.29) is 17.7 Å². The smallest absolute Gasteiger partial charge is 0.303 e. The molecular weight excluding hydrogens is 218 g/mol. The lowest BCUT2D eigenvalue weighted by molar-refractivity contribution is -0.137. The van der Waals surface area contributed by atoms with Gasteiger partial charge in [0.15, 0.2) is 0 Å². The molecular formula is C13H25NO3. The summed E-state index contributed by atoms with van der Waals surface area (Å²) < 4.78 is 0. The number of carbonyl (C=O) groups excluding carboxylic acids is 1. The van der Waals surface area contributed by atoms with Crippen LogP contribution in [0.25, 0.3) is 0 Å². The molecule has 0 unspecified atom stereocenters. The topological polar surface area (TPSA) is 66.4 Å². The second-order valence-electron chi connectivity index (χ2n) is 5.59. The fourth-order valence-electron chi connectivity index (χ4n) is 1.96. The highest BCUT2D eigenvalue weighted by Crippen LogP contribution is 2.25. The Bertz CT molecular complexity index is 259. The third-order valence-corrected chi connectivity index (χ3v) is 2.64. The Balaban J connectivity index is 3.81. The molecule has 0 spiro atoms. The predicted molar refractivity (Wildman–Crippen MR) is 67.7 cm³/mol. The molecule has 0 heterocycles. The van der Waals surface area contributed by atoms with Crippen molar-refractivity contribution in [2.75, 3.05) is 6.54 Å². The molecule has 0 aliphatic carbocycles. The molecule has 0 aromatic heterocycles. The van der Waals surface area contributed by atoms with Crippen LogP contribution in [-0.2, 0) is 9.59 Å². The van der Waals surface area contributed by atoms with Gasteiger partial charge in [-0.05, 0) is 25.2 Å². The van der Waals surface area contributed by atoms with E-state index >= 15 is 0 Å². The van der Waals surface area contributed by atoms with Gasteiger partial charge in [-0.15, -0.1) is 0 Å². The third kappa shape index (κ3) is 7.77. The van der Waals surface area contributed by atoms with Gasteiger partial charge in [-0.1, -0.05) is 27.7 Å². The van der Waals surface area contributed by atoms with Gasteiger partial charge in [0, 0.05) is 18.4 Å². The van der Waals surface area contributed by atoms with Crippen molar-refractivity contribution in [1.82, 2.24) is 5.32 Å². The van der Waals surface area contributed by atoms with Crippen LogP contribution in [0, 0.1) is 11.3 Å². The molecule has 100 valence electrons. The first kappa shape index (κ1) is 15.9. The molecule has 0 rings (SSSR count). The molecule has 0 radical (unpaired) electrons.